The van der Waals surface area contributed by atoms with E-state index < -0.39 is 5.60 Å². The van der Waals surface area contributed by atoms with E-state index in [9.17, 15) is 9.18 Å². The van der Waals surface area contributed by atoms with Crippen LogP contribution in [0.15, 0.2) is 42.6 Å². The normalized spacial score (nSPS) is 15.0. The molecule has 6 nitrogen and oxygen atoms in total. The molecule has 0 unspecified atom stereocenters. The summed E-state index contributed by atoms with van der Waals surface area (Å²) < 4.78 is 20.1. The van der Waals surface area contributed by atoms with Gasteiger partial charge in [0, 0.05) is 47.4 Å². The van der Waals surface area contributed by atoms with Gasteiger partial charge in [-0.3, -0.25) is 0 Å². The Bertz CT molecular complexity index is 1170. The maximum Gasteiger partial charge on any atom is 0.410 e. The number of fused-ring (bicyclic) bond motifs is 1. The number of nitrogens with one attached hydrogen (secondary N) is 1. The van der Waals surface area contributed by atoms with Gasteiger partial charge in [0.15, 0.2) is 0 Å². The average Bonchev–Trinajstić information content (AvgIpc) is 2.73. The number of halogens is 2. The van der Waals surface area contributed by atoms with Crippen LogP contribution in [0, 0.1) is 5.82 Å². The number of anilines is 2. The molecule has 33 heavy (non-hydrogen) atoms. The van der Waals surface area contributed by atoms with Crippen LogP contribution in [0.25, 0.3) is 21.9 Å². The maximum absolute atomic E-state index is 14.6. The molecule has 0 saturated carbocycles. The molecule has 2 aromatic carbocycles. The number of carbonyl (C=O) groups is 1. The van der Waals surface area contributed by atoms with Gasteiger partial charge in [0.25, 0.3) is 0 Å². The quantitative estimate of drug-likeness (QED) is 0.484. The minimum Gasteiger partial charge on any atom is -0.444 e. The first-order valence-corrected chi connectivity index (χ1v) is 11.4. The number of hydrogen-bond donors (Lipinski definition) is 2. The zero-order chi connectivity index (χ0) is 23.8. The van der Waals surface area contributed by atoms with Crippen molar-refractivity contribution in [2.75, 3.05) is 24.1 Å². The Morgan fingerprint density at radius 1 is 1.24 bits per heavy atom. The first-order chi connectivity index (χ1) is 15.6. The lowest BCUT2D eigenvalue weighted by Crippen LogP contribution is -2.44. The zero-order valence-electron chi connectivity index (χ0n) is 19.0. The number of nitrogens with two attached hydrogens (primary N) is 1. The van der Waals surface area contributed by atoms with Crippen molar-refractivity contribution in [3.05, 3.63) is 53.4 Å². The SMILES string of the molecule is CC(C)(C)OC(=O)N1CCC(Nc2cc(-c3c(F)cccc3Cl)cc3cnc(N)cc23)CC1. The lowest BCUT2D eigenvalue weighted by Gasteiger charge is -2.34. The molecule has 1 aliphatic rings. The molecule has 8 heteroatoms. The molecule has 3 N–H and O–H groups in total. The van der Waals surface area contributed by atoms with E-state index >= 15 is 0 Å². The van der Waals surface area contributed by atoms with Crippen LogP contribution in [0.5, 0.6) is 0 Å². The molecule has 1 aromatic heterocycles. The summed E-state index contributed by atoms with van der Waals surface area (Å²) in [5.74, 6) is 0.0174. The average molecular weight is 471 g/mol. The van der Waals surface area contributed by atoms with Gasteiger partial charge >= 0.3 is 6.09 Å². The summed E-state index contributed by atoms with van der Waals surface area (Å²) in [5, 5.41) is 5.65. The van der Waals surface area contributed by atoms with E-state index in [0.717, 1.165) is 29.3 Å². The van der Waals surface area contributed by atoms with Crippen LogP contribution in [0.3, 0.4) is 0 Å². The molecule has 1 amide bonds. The lowest BCUT2D eigenvalue weighted by atomic mass is 9.98. The number of benzene rings is 2. The van der Waals surface area contributed by atoms with Crippen molar-refractivity contribution in [3.8, 4) is 11.1 Å². The van der Waals surface area contributed by atoms with Crippen molar-refractivity contribution >= 4 is 40.0 Å². The molecule has 174 valence electrons. The van der Waals surface area contributed by atoms with E-state index in [2.05, 4.69) is 10.3 Å². The third-order valence-corrected chi connectivity index (χ3v) is 5.93. The number of piperidine rings is 1. The molecule has 0 radical (unpaired) electrons. The highest BCUT2D eigenvalue weighted by molar-refractivity contribution is 6.33. The molecule has 1 saturated heterocycles. The molecule has 1 aliphatic heterocycles. The van der Waals surface area contributed by atoms with Gasteiger partial charge in [0.2, 0.25) is 0 Å². The molecular formula is C25H28ClFN4O2. The number of nitrogens with zero attached hydrogens (tertiary/aromatic N) is 2. The number of rotatable bonds is 3. The maximum atomic E-state index is 14.6. The van der Waals surface area contributed by atoms with Crippen LogP contribution in [-0.4, -0.2) is 40.7 Å². The topological polar surface area (TPSA) is 80.5 Å². The second-order valence-electron chi connectivity index (χ2n) is 9.34. The number of likely N-dealkylation sites (tertiary alicyclic amines) is 1. The summed E-state index contributed by atoms with van der Waals surface area (Å²) in [5.41, 5.74) is 7.26. The lowest BCUT2D eigenvalue weighted by molar-refractivity contribution is 0.0210. The second-order valence-corrected chi connectivity index (χ2v) is 9.74. The first-order valence-electron chi connectivity index (χ1n) is 11.0. The van der Waals surface area contributed by atoms with E-state index in [4.69, 9.17) is 22.1 Å². The van der Waals surface area contributed by atoms with E-state index in [-0.39, 0.29) is 18.0 Å². The van der Waals surface area contributed by atoms with Crippen molar-refractivity contribution in [1.29, 1.82) is 0 Å². The van der Waals surface area contributed by atoms with Crippen LogP contribution in [0.2, 0.25) is 5.02 Å². The number of pyridine rings is 1. The van der Waals surface area contributed by atoms with Crippen LogP contribution in [0.1, 0.15) is 33.6 Å². The molecule has 4 rings (SSSR count). The Kier molecular flexibility index (Phi) is 6.34. The molecule has 1 fully saturated rings. The van der Waals surface area contributed by atoms with Gasteiger partial charge in [-0.2, -0.15) is 0 Å². The molecule has 2 heterocycles. The number of ether oxygens (including phenoxy) is 1. The summed E-state index contributed by atoms with van der Waals surface area (Å²) in [4.78, 5) is 18.3. The van der Waals surface area contributed by atoms with Gasteiger partial charge in [-0.25, -0.2) is 14.2 Å². The highest BCUT2D eigenvalue weighted by Crippen LogP contribution is 2.37. The molecule has 0 atom stereocenters. The molecular weight excluding hydrogens is 443 g/mol. The zero-order valence-corrected chi connectivity index (χ0v) is 19.7. The largest absolute Gasteiger partial charge is 0.444 e. The summed E-state index contributed by atoms with van der Waals surface area (Å²) in [7, 11) is 0. The van der Waals surface area contributed by atoms with Gasteiger partial charge < -0.3 is 20.7 Å². The number of hydrogen-bond acceptors (Lipinski definition) is 5. The highest BCUT2D eigenvalue weighted by Gasteiger charge is 2.27. The van der Waals surface area contributed by atoms with Gasteiger partial charge in [-0.05, 0) is 69.5 Å². The standard InChI is InChI=1S/C25H28ClFN4O2/c1-25(2,3)33-24(32)31-9-7-17(8-10-31)30-21-12-15(23-19(26)5-4-6-20(23)27)11-16-14-29-22(28)13-18(16)21/h4-6,11-14,17,30H,7-10H2,1-3H3,(H2,28,29). The van der Waals surface area contributed by atoms with Crippen LogP contribution < -0.4 is 11.1 Å². The van der Waals surface area contributed by atoms with Gasteiger partial charge in [-0.15, -0.1) is 0 Å². The second kappa shape index (κ2) is 9.06. The fraction of sp³-hybridized carbons (Fsp3) is 0.360. The van der Waals surface area contributed by atoms with E-state index in [1.165, 1.54) is 6.07 Å². The molecule has 0 spiro atoms. The third kappa shape index (κ3) is 5.30. The predicted octanol–water partition coefficient (Wildman–Crippen LogP) is 6.09. The first kappa shape index (κ1) is 23.1. The van der Waals surface area contributed by atoms with Crippen molar-refractivity contribution < 1.29 is 13.9 Å². The Morgan fingerprint density at radius 2 is 1.97 bits per heavy atom. The number of carbonyl (C=O) groups excluding carboxylic acids is 1. The monoisotopic (exact) mass is 470 g/mol. The Balaban J connectivity index is 1.60. The van der Waals surface area contributed by atoms with Gasteiger partial charge in [-0.1, -0.05) is 17.7 Å². The van der Waals surface area contributed by atoms with Gasteiger partial charge in [0.1, 0.15) is 17.2 Å². The predicted molar refractivity (Wildman–Crippen MR) is 131 cm³/mol. The fourth-order valence-electron chi connectivity index (χ4n) is 4.06. The summed E-state index contributed by atoms with van der Waals surface area (Å²) in [6.07, 6.45) is 2.90. The number of amides is 1. The fourth-order valence-corrected chi connectivity index (χ4v) is 4.34. The summed E-state index contributed by atoms with van der Waals surface area (Å²) >= 11 is 6.33. The van der Waals surface area contributed by atoms with E-state index in [1.807, 2.05) is 32.9 Å². The van der Waals surface area contributed by atoms with E-state index in [0.29, 0.717) is 35.1 Å². The minimum absolute atomic E-state index is 0.132. The van der Waals surface area contributed by atoms with Crippen LogP contribution >= 0.6 is 11.6 Å². The van der Waals surface area contributed by atoms with Crippen LogP contribution in [-0.2, 0) is 4.74 Å². The van der Waals surface area contributed by atoms with Gasteiger partial charge in [0.05, 0.1) is 5.02 Å². The Labute approximate surface area is 197 Å². The number of nitrogen functional groups attached to an aromatic ring is 1. The smallest absolute Gasteiger partial charge is 0.410 e. The molecule has 0 bridgehead atoms. The summed E-state index contributed by atoms with van der Waals surface area (Å²) in [6.45, 7) is 6.76. The Hall–Kier alpha value is -3.06. The van der Waals surface area contributed by atoms with Crippen molar-refractivity contribution in [2.24, 2.45) is 0 Å². The Morgan fingerprint density at radius 3 is 2.64 bits per heavy atom. The minimum atomic E-state index is -0.520. The highest BCUT2D eigenvalue weighted by atomic mass is 35.5. The van der Waals surface area contributed by atoms with Crippen molar-refractivity contribution in [1.82, 2.24) is 9.88 Å². The van der Waals surface area contributed by atoms with E-state index in [1.54, 1.807) is 29.3 Å². The van der Waals surface area contributed by atoms with Crippen molar-refractivity contribution in [2.45, 2.75) is 45.3 Å². The molecule has 3 aromatic rings. The summed E-state index contributed by atoms with van der Waals surface area (Å²) in [6, 6.07) is 10.3. The third-order valence-electron chi connectivity index (χ3n) is 5.61. The van der Waals surface area contributed by atoms with Crippen LogP contribution in [0.4, 0.5) is 20.7 Å². The molecule has 0 aliphatic carbocycles. The van der Waals surface area contributed by atoms with Crippen molar-refractivity contribution in [3.63, 3.8) is 0 Å². The number of aromatic nitrogens is 1.